The van der Waals surface area contributed by atoms with E-state index in [-0.39, 0.29) is 0 Å². The Hall–Kier alpha value is -1.29. The number of rotatable bonds is 3. The average molecular weight is 169 g/mol. The van der Waals surface area contributed by atoms with Crippen molar-refractivity contribution in [1.82, 2.24) is 0 Å². The van der Waals surface area contributed by atoms with Crippen molar-refractivity contribution in [3.05, 3.63) is 23.7 Å². The lowest BCUT2D eigenvalue weighted by molar-refractivity contribution is 0.145. The van der Waals surface area contributed by atoms with Crippen molar-refractivity contribution >= 4 is 6.21 Å². The maximum absolute atomic E-state index is 9.31. The topological polar surface area (TPSA) is 66.0 Å². The Kier molecular flexibility index (Phi) is 2.88. The quantitative estimate of drug-likeness (QED) is 0.409. The molecule has 2 N–H and O–H groups in total. The highest BCUT2D eigenvalue weighted by Gasteiger charge is 2.08. The summed E-state index contributed by atoms with van der Waals surface area (Å²) in [5.74, 6) is 0.924. The zero-order valence-corrected chi connectivity index (χ0v) is 6.77. The molecule has 0 saturated carbocycles. The van der Waals surface area contributed by atoms with E-state index in [1.807, 2.05) is 6.92 Å². The van der Waals surface area contributed by atoms with Crippen LogP contribution in [-0.2, 0) is 0 Å². The highest BCUT2D eigenvalue weighted by atomic mass is 16.4. The molecule has 0 aliphatic carbocycles. The monoisotopic (exact) mass is 169 g/mol. The summed E-state index contributed by atoms with van der Waals surface area (Å²) < 4.78 is 5.12. The smallest absolute Gasteiger partial charge is 0.148 e. The lowest BCUT2D eigenvalue weighted by Crippen LogP contribution is -1.91. The largest absolute Gasteiger partial charge is 0.457 e. The van der Waals surface area contributed by atoms with Gasteiger partial charge in [-0.05, 0) is 18.6 Å². The minimum Gasteiger partial charge on any atom is -0.457 e. The van der Waals surface area contributed by atoms with Crippen molar-refractivity contribution in [1.29, 1.82) is 0 Å². The van der Waals surface area contributed by atoms with Gasteiger partial charge >= 0.3 is 0 Å². The molecule has 0 bridgehead atoms. The molecule has 0 amide bonds. The van der Waals surface area contributed by atoms with Gasteiger partial charge in [0.25, 0.3) is 0 Å². The van der Waals surface area contributed by atoms with Crippen molar-refractivity contribution in [3.63, 3.8) is 0 Å². The standard InChI is InChI=1S/C8H11NO3/c1-2-7(10)8-4-3-6(12-8)5-9-11/h3-5,7,10-11H,2H2,1H3. The molecule has 0 saturated heterocycles. The van der Waals surface area contributed by atoms with E-state index in [1.165, 1.54) is 6.21 Å². The van der Waals surface area contributed by atoms with Crippen LogP contribution in [0.5, 0.6) is 0 Å². The zero-order valence-electron chi connectivity index (χ0n) is 6.77. The Morgan fingerprint density at radius 1 is 1.67 bits per heavy atom. The number of aliphatic hydroxyl groups excluding tert-OH is 1. The molecule has 4 nitrogen and oxygen atoms in total. The van der Waals surface area contributed by atoms with Gasteiger partial charge in [0.2, 0.25) is 0 Å². The summed E-state index contributed by atoms with van der Waals surface area (Å²) in [6.07, 6.45) is 1.19. The first-order valence-electron chi connectivity index (χ1n) is 3.73. The Balaban J connectivity index is 2.76. The minimum absolute atomic E-state index is 0.431. The maximum Gasteiger partial charge on any atom is 0.148 e. The van der Waals surface area contributed by atoms with Crippen LogP contribution in [0.15, 0.2) is 21.7 Å². The van der Waals surface area contributed by atoms with Crippen molar-refractivity contribution in [2.75, 3.05) is 0 Å². The van der Waals surface area contributed by atoms with Crippen LogP contribution < -0.4 is 0 Å². The van der Waals surface area contributed by atoms with Gasteiger partial charge in [0.15, 0.2) is 0 Å². The van der Waals surface area contributed by atoms with Gasteiger partial charge in [-0.25, -0.2) is 0 Å². The summed E-state index contributed by atoms with van der Waals surface area (Å²) in [6, 6.07) is 3.29. The van der Waals surface area contributed by atoms with Crippen LogP contribution in [0.1, 0.15) is 31.0 Å². The second-order valence-corrected chi connectivity index (χ2v) is 2.41. The Morgan fingerprint density at radius 3 is 3.00 bits per heavy atom. The third-order valence-corrected chi connectivity index (χ3v) is 1.55. The molecule has 4 heteroatoms. The molecular weight excluding hydrogens is 158 g/mol. The number of hydrogen-bond donors (Lipinski definition) is 2. The van der Waals surface area contributed by atoms with E-state index in [0.29, 0.717) is 17.9 Å². The Labute approximate surface area is 70.1 Å². The minimum atomic E-state index is -0.578. The SMILES string of the molecule is CCC(O)c1ccc(C=NO)o1. The van der Waals surface area contributed by atoms with E-state index >= 15 is 0 Å². The number of nitrogens with zero attached hydrogens (tertiary/aromatic N) is 1. The van der Waals surface area contributed by atoms with Gasteiger partial charge in [-0.1, -0.05) is 12.1 Å². The van der Waals surface area contributed by atoms with Gasteiger partial charge in [0, 0.05) is 0 Å². The molecule has 0 spiro atoms. The summed E-state index contributed by atoms with van der Waals surface area (Å²) in [5.41, 5.74) is 0. The van der Waals surface area contributed by atoms with Crippen LogP contribution >= 0.6 is 0 Å². The van der Waals surface area contributed by atoms with Gasteiger partial charge in [0.05, 0.1) is 0 Å². The molecule has 0 aliphatic heterocycles. The maximum atomic E-state index is 9.31. The van der Waals surface area contributed by atoms with E-state index in [0.717, 1.165) is 0 Å². The molecular formula is C8H11NO3. The molecule has 66 valence electrons. The molecule has 1 atom stereocenters. The van der Waals surface area contributed by atoms with Crippen LogP contribution in [0.25, 0.3) is 0 Å². The first-order chi connectivity index (χ1) is 5.77. The van der Waals surface area contributed by atoms with Crippen molar-refractivity contribution in [2.24, 2.45) is 5.16 Å². The van der Waals surface area contributed by atoms with E-state index in [4.69, 9.17) is 9.62 Å². The molecule has 1 aromatic rings. The van der Waals surface area contributed by atoms with Crippen LogP contribution in [0.3, 0.4) is 0 Å². The second-order valence-electron chi connectivity index (χ2n) is 2.41. The van der Waals surface area contributed by atoms with E-state index in [9.17, 15) is 5.11 Å². The fraction of sp³-hybridized carbons (Fsp3) is 0.375. The average Bonchev–Trinajstić information content (AvgIpc) is 2.52. The second kappa shape index (κ2) is 3.92. The molecule has 1 aromatic heterocycles. The van der Waals surface area contributed by atoms with Crippen molar-refractivity contribution < 1.29 is 14.7 Å². The third-order valence-electron chi connectivity index (χ3n) is 1.55. The molecule has 1 rings (SSSR count). The normalized spacial score (nSPS) is 13.8. The van der Waals surface area contributed by atoms with E-state index in [2.05, 4.69) is 5.16 Å². The lowest BCUT2D eigenvalue weighted by Gasteiger charge is -2.01. The van der Waals surface area contributed by atoms with Gasteiger partial charge in [-0.3, -0.25) is 0 Å². The fourth-order valence-electron chi connectivity index (χ4n) is 0.875. The van der Waals surface area contributed by atoms with Gasteiger partial charge in [0.1, 0.15) is 23.8 Å². The molecule has 0 radical (unpaired) electrons. The van der Waals surface area contributed by atoms with Crippen LogP contribution in [0.2, 0.25) is 0 Å². The molecule has 0 aromatic carbocycles. The fourth-order valence-corrected chi connectivity index (χ4v) is 0.875. The first kappa shape index (κ1) is 8.80. The van der Waals surface area contributed by atoms with Crippen molar-refractivity contribution in [2.45, 2.75) is 19.4 Å². The predicted molar refractivity (Wildman–Crippen MR) is 43.3 cm³/mol. The predicted octanol–water partition coefficient (Wildman–Crippen LogP) is 1.53. The van der Waals surface area contributed by atoms with Gasteiger partial charge in [-0.15, -0.1) is 0 Å². The van der Waals surface area contributed by atoms with Gasteiger partial charge in [-0.2, -0.15) is 0 Å². The molecule has 1 heterocycles. The van der Waals surface area contributed by atoms with Gasteiger partial charge < -0.3 is 14.7 Å². The summed E-state index contributed by atoms with van der Waals surface area (Å²) in [6.45, 7) is 1.85. The number of aliphatic hydroxyl groups is 1. The first-order valence-corrected chi connectivity index (χ1v) is 3.73. The van der Waals surface area contributed by atoms with Crippen LogP contribution in [0, 0.1) is 0 Å². The van der Waals surface area contributed by atoms with Crippen molar-refractivity contribution in [3.8, 4) is 0 Å². The molecule has 12 heavy (non-hydrogen) atoms. The zero-order chi connectivity index (χ0) is 8.97. The highest BCUT2D eigenvalue weighted by Crippen LogP contribution is 2.17. The highest BCUT2D eigenvalue weighted by molar-refractivity contribution is 5.75. The lowest BCUT2D eigenvalue weighted by atomic mass is 10.2. The van der Waals surface area contributed by atoms with E-state index < -0.39 is 6.10 Å². The number of furan rings is 1. The Morgan fingerprint density at radius 2 is 2.42 bits per heavy atom. The van der Waals surface area contributed by atoms with Crippen LogP contribution in [-0.4, -0.2) is 16.5 Å². The third kappa shape index (κ3) is 1.85. The number of hydrogen-bond acceptors (Lipinski definition) is 4. The number of oxime groups is 1. The summed E-state index contributed by atoms with van der Waals surface area (Å²) in [5, 5.41) is 20.3. The Bertz CT molecular complexity index is 267. The summed E-state index contributed by atoms with van der Waals surface area (Å²) in [4.78, 5) is 0. The molecule has 0 aliphatic rings. The van der Waals surface area contributed by atoms with Crippen LogP contribution in [0.4, 0.5) is 0 Å². The molecule has 1 unspecified atom stereocenters. The molecule has 0 fully saturated rings. The summed E-state index contributed by atoms with van der Waals surface area (Å²) in [7, 11) is 0. The summed E-state index contributed by atoms with van der Waals surface area (Å²) >= 11 is 0. The van der Waals surface area contributed by atoms with E-state index in [1.54, 1.807) is 12.1 Å².